The monoisotopic (exact) mass is 215 g/mol. The zero-order valence-electron chi connectivity index (χ0n) is 9.10. The summed E-state index contributed by atoms with van der Waals surface area (Å²) in [5.74, 6) is -0.902. The lowest BCUT2D eigenvalue weighted by molar-refractivity contribution is 0.0699. The second kappa shape index (κ2) is 4.31. The van der Waals surface area contributed by atoms with Crippen LogP contribution in [0.25, 0.3) is 10.9 Å². The number of hydrogen-bond donors (Lipinski definition) is 1. The molecule has 0 atom stereocenters. The van der Waals surface area contributed by atoms with Gasteiger partial charge in [-0.25, -0.2) is 4.79 Å². The topological polar surface area (TPSA) is 50.2 Å². The molecule has 1 N–H and O–H groups in total. The predicted octanol–water partition coefficient (Wildman–Crippen LogP) is 2.89. The fraction of sp³-hybridized carbons (Fsp3) is 0.231. The van der Waals surface area contributed by atoms with Gasteiger partial charge in [0.15, 0.2) is 0 Å². The number of aromatic nitrogens is 1. The molecule has 0 unspecified atom stereocenters. The van der Waals surface area contributed by atoms with Gasteiger partial charge in [0.2, 0.25) is 0 Å². The molecule has 3 heteroatoms. The standard InChI is InChI=1S/C13H13NO2/c1-2-3-9-4-5-12-11(8-9)10(13(15)16)6-7-14-12/h4-8H,2-3H2,1H3,(H,15,16). The Hall–Kier alpha value is -1.90. The molecule has 16 heavy (non-hydrogen) atoms. The zero-order chi connectivity index (χ0) is 11.5. The molecule has 2 rings (SSSR count). The average molecular weight is 215 g/mol. The third-order valence-corrected chi connectivity index (χ3v) is 2.58. The molecule has 0 bridgehead atoms. The molecule has 1 aromatic carbocycles. The Bertz CT molecular complexity index is 534. The van der Waals surface area contributed by atoms with E-state index in [9.17, 15) is 4.79 Å². The molecule has 0 aliphatic rings. The van der Waals surface area contributed by atoms with E-state index in [1.165, 1.54) is 6.20 Å². The Kier molecular flexibility index (Phi) is 2.86. The molecule has 0 amide bonds. The lowest BCUT2D eigenvalue weighted by Crippen LogP contribution is -1.98. The van der Waals surface area contributed by atoms with Crippen molar-refractivity contribution in [3.05, 3.63) is 41.6 Å². The molecule has 0 saturated carbocycles. The molecule has 0 radical (unpaired) electrons. The predicted molar refractivity (Wildman–Crippen MR) is 62.7 cm³/mol. The Morgan fingerprint density at radius 3 is 2.88 bits per heavy atom. The Labute approximate surface area is 93.7 Å². The highest BCUT2D eigenvalue weighted by Crippen LogP contribution is 2.19. The van der Waals surface area contributed by atoms with Crippen molar-refractivity contribution in [3.8, 4) is 0 Å². The molecule has 0 fully saturated rings. The zero-order valence-corrected chi connectivity index (χ0v) is 9.10. The van der Waals surface area contributed by atoms with Gasteiger partial charge in [-0.2, -0.15) is 0 Å². The van der Waals surface area contributed by atoms with E-state index >= 15 is 0 Å². The first-order chi connectivity index (χ1) is 7.72. The number of aryl methyl sites for hydroxylation is 1. The van der Waals surface area contributed by atoms with Crippen LogP contribution in [0.5, 0.6) is 0 Å². The summed E-state index contributed by atoms with van der Waals surface area (Å²) < 4.78 is 0. The number of benzene rings is 1. The third kappa shape index (κ3) is 1.89. The second-order valence-electron chi connectivity index (χ2n) is 3.77. The smallest absolute Gasteiger partial charge is 0.336 e. The van der Waals surface area contributed by atoms with Crippen LogP contribution in [0.3, 0.4) is 0 Å². The minimum Gasteiger partial charge on any atom is -0.478 e. The van der Waals surface area contributed by atoms with Crippen LogP contribution in [-0.4, -0.2) is 16.1 Å². The van der Waals surface area contributed by atoms with Gasteiger partial charge in [-0.3, -0.25) is 4.98 Å². The summed E-state index contributed by atoms with van der Waals surface area (Å²) in [5.41, 5.74) is 2.22. The lowest BCUT2D eigenvalue weighted by Gasteiger charge is -2.04. The van der Waals surface area contributed by atoms with Crippen molar-refractivity contribution >= 4 is 16.9 Å². The van der Waals surface area contributed by atoms with E-state index in [0.717, 1.165) is 29.3 Å². The lowest BCUT2D eigenvalue weighted by atomic mass is 10.0. The van der Waals surface area contributed by atoms with E-state index < -0.39 is 5.97 Å². The number of aromatic carboxylic acids is 1. The maximum absolute atomic E-state index is 11.1. The average Bonchev–Trinajstić information content (AvgIpc) is 2.28. The van der Waals surface area contributed by atoms with Crippen molar-refractivity contribution in [2.45, 2.75) is 19.8 Å². The molecule has 3 nitrogen and oxygen atoms in total. The van der Waals surface area contributed by atoms with Gasteiger partial charge in [-0.1, -0.05) is 19.4 Å². The van der Waals surface area contributed by atoms with Crippen LogP contribution in [0.4, 0.5) is 0 Å². The SMILES string of the molecule is CCCc1ccc2nccc(C(=O)O)c2c1. The second-order valence-corrected chi connectivity index (χ2v) is 3.77. The molecule has 1 aromatic heterocycles. The number of hydrogen-bond acceptors (Lipinski definition) is 2. The van der Waals surface area contributed by atoms with Crippen LogP contribution in [0.1, 0.15) is 29.3 Å². The first kappa shape index (κ1) is 10.6. The van der Waals surface area contributed by atoms with E-state index in [4.69, 9.17) is 5.11 Å². The highest BCUT2D eigenvalue weighted by atomic mass is 16.4. The van der Waals surface area contributed by atoms with Crippen LogP contribution in [-0.2, 0) is 6.42 Å². The van der Waals surface area contributed by atoms with Crippen molar-refractivity contribution < 1.29 is 9.90 Å². The highest BCUT2D eigenvalue weighted by molar-refractivity contribution is 6.02. The van der Waals surface area contributed by atoms with Crippen LogP contribution in [0.15, 0.2) is 30.5 Å². The molecule has 2 aromatic rings. The molecular weight excluding hydrogens is 202 g/mol. The van der Waals surface area contributed by atoms with Gasteiger partial charge in [-0.05, 0) is 30.2 Å². The highest BCUT2D eigenvalue weighted by Gasteiger charge is 2.08. The maximum Gasteiger partial charge on any atom is 0.336 e. The molecule has 0 saturated heterocycles. The first-order valence-electron chi connectivity index (χ1n) is 5.33. The molecule has 0 aliphatic carbocycles. The summed E-state index contributed by atoms with van der Waals surface area (Å²) in [7, 11) is 0. The van der Waals surface area contributed by atoms with Crippen molar-refractivity contribution in [2.75, 3.05) is 0 Å². The van der Waals surface area contributed by atoms with Gasteiger partial charge in [0.1, 0.15) is 0 Å². The van der Waals surface area contributed by atoms with E-state index in [2.05, 4.69) is 11.9 Å². The van der Waals surface area contributed by atoms with Crippen LogP contribution >= 0.6 is 0 Å². The number of carbonyl (C=O) groups is 1. The number of carboxylic acids is 1. The number of fused-ring (bicyclic) bond motifs is 1. The Morgan fingerprint density at radius 1 is 1.38 bits per heavy atom. The first-order valence-corrected chi connectivity index (χ1v) is 5.33. The number of pyridine rings is 1. The van der Waals surface area contributed by atoms with Gasteiger partial charge in [0.05, 0.1) is 11.1 Å². The molecule has 82 valence electrons. The summed E-state index contributed by atoms with van der Waals surface area (Å²) in [5, 5.41) is 9.80. The summed E-state index contributed by atoms with van der Waals surface area (Å²) in [4.78, 5) is 15.2. The van der Waals surface area contributed by atoms with Gasteiger partial charge in [0, 0.05) is 11.6 Å². The van der Waals surface area contributed by atoms with Crippen LogP contribution in [0, 0.1) is 0 Å². The number of nitrogens with zero attached hydrogens (tertiary/aromatic N) is 1. The van der Waals surface area contributed by atoms with Crippen LogP contribution < -0.4 is 0 Å². The van der Waals surface area contributed by atoms with E-state index in [0.29, 0.717) is 5.56 Å². The van der Waals surface area contributed by atoms with Crippen molar-refractivity contribution in [1.82, 2.24) is 4.98 Å². The van der Waals surface area contributed by atoms with E-state index in [1.807, 2.05) is 18.2 Å². The van der Waals surface area contributed by atoms with Crippen molar-refractivity contribution in [2.24, 2.45) is 0 Å². The minimum atomic E-state index is -0.902. The fourth-order valence-corrected chi connectivity index (χ4v) is 1.82. The normalized spacial score (nSPS) is 10.6. The summed E-state index contributed by atoms with van der Waals surface area (Å²) in [6.07, 6.45) is 3.54. The quantitative estimate of drug-likeness (QED) is 0.856. The molecule has 0 aliphatic heterocycles. The largest absolute Gasteiger partial charge is 0.478 e. The number of carboxylic acid groups (broad SMARTS) is 1. The molecule has 0 spiro atoms. The Morgan fingerprint density at radius 2 is 2.19 bits per heavy atom. The summed E-state index contributed by atoms with van der Waals surface area (Å²) in [6, 6.07) is 7.35. The van der Waals surface area contributed by atoms with Crippen LogP contribution in [0.2, 0.25) is 0 Å². The minimum absolute atomic E-state index is 0.322. The maximum atomic E-state index is 11.1. The molecule has 1 heterocycles. The van der Waals surface area contributed by atoms with E-state index in [-0.39, 0.29) is 0 Å². The van der Waals surface area contributed by atoms with Crippen molar-refractivity contribution in [1.29, 1.82) is 0 Å². The summed E-state index contributed by atoms with van der Waals surface area (Å²) >= 11 is 0. The summed E-state index contributed by atoms with van der Waals surface area (Å²) in [6.45, 7) is 2.10. The van der Waals surface area contributed by atoms with Gasteiger partial charge in [0.25, 0.3) is 0 Å². The van der Waals surface area contributed by atoms with Gasteiger partial charge < -0.3 is 5.11 Å². The fourth-order valence-electron chi connectivity index (χ4n) is 1.82. The third-order valence-electron chi connectivity index (χ3n) is 2.58. The molecular formula is C13H13NO2. The van der Waals surface area contributed by atoms with Crippen molar-refractivity contribution in [3.63, 3.8) is 0 Å². The van der Waals surface area contributed by atoms with Gasteiger partial charge in [-0.15, -0.1) is 0 Å². The van der Waals surface area contributed by atoms with Gasteiger partial charge >= 0.3 is 5.97 Å². The Balaban J connectivity index is 2.63. The number of rotatable bonds is 3. The van der Waals surface area contributed by atoms with E-state index in [1.54, 1.807) is 6.07 Å².